The van der Waals surface area contributed by atoms with Gasteiger partial charge in [0.2, 0.25) is 0 Å². The Morgan fingerprint density at radius 2 is 1.53 bits per heavy atom. The van der Waals surface area contributed by atoms with Gasteiger partial charge in [-0.3, -0.25) is 4.79 Å². The van der Waals surface area contributed by atoms with Crippen LogP contribution in [0.4, 0.5) is 0 Å². The number of hydrogen-bond donors (Lipinski definition) is 1. The zero-order valence-electron chi connectivity index (χ0n) is 10.6. The number of carbonyl (C=O) groups excluding carboxylic acids is 1. The first-order valence-corrected chi connectivity index (χ1v) is 6.73. The van der Waals surface area contributed by atoms with Gasteiger partial charge >= 0.3 is 0 Å². The second-order valence-corrected chi connectivity index (χ2v) is 5.61. The van der Waals surface area contributed by atoms with Crippen molar-refractivity contribution in [1.82, 2.24) is 0 Å². The molecule has 0 aromatic heterocycles. The molecule has 0 bridgehead atoms. The summed E-state index contributed by atoms with van der Waals surface area (Å²) >= 11 is -2.02. The molecule has 0 amide bonds. The predicted octanol–water partition coefficient (Wildman–Crippen LogP) is 3.33. The Balaban J connectivity index is 3.61. The molecule has 1 unspecified atom stereocenters. The number of aldehydes is 1. The topological polar surface area (TPSA) is 54.4 Å². The van der Waals surface area contributed by atoms with Gasteiger partial charge in [-0.15, -0.1) is 0 Å². The van der Waals surface area contributed by atoms with Crippen LogP contribution in [0.3, 0.4) is 0 Å². The molecule has 0 fully saturated rings. The van der Waals surface area contributed by atoms with Crippen molar-refractivity contribution in [3.63, 3.8) is 0 Å². The lowest BCUT2D eigenvalue weighted by atomic mass is 9.93. The van der Waals surface area contributed by atoms with E-state index in [1.807, 2.05) is 27.7 Å². The second kappa shape index (κ2) is 5.56. The molecule has 0 saturated carbocycles. The summed E-state index contributed by atoms with van der Waals surface area (Å²) < 4.78 is 20.9. The minimum atomic E-state index is -2.02. The molecule has 1 atom stereocenters. The Kier molecular flexibility index (Phi) is 4.60. The molecular weight excluding hydrogens is 236 g/mol. The van der Waals surface area contributed by atoms with E-state index in [2.05, 4.69) is 0 Å². The number of hydrogen-bond acceptors (Lipinski definition) is 2. The summed E-state index contributed by atoms with van der Waals surface area (Å²) in [4.78, 5) is 11.4. The van der Waals surface area contributed by atoms with Crippen LogP contribution in [-0.4, -0.2) is 15.0 Å². The smallest absolute Gasteiger partial charge is 0.187 e. The summed E-state index contributed by atoms with van der Waals surface area (Å²) in [5.74, 6) is 0.219. The average Bonchev–Trinajstić information content (AvgIpc) is 2.26. The molecule has 0 saturated heterocycles. The molecule has 94 valence electrons. The Morgan fingerprint density at radius 1 is 1.12 bits per heavy atom. The van der Waals surface area contributed by atoms with Gasteiger partial charge in [0.15, 0.2) is 11.1 Å². The van der Waals surface area contributed by atoms with E-state index in [4.69, 9.17) is 0 Å². The van der Waals surface area contributed by atoms with E-state index in [1.54, 1.807) is 12.1 Å². The zero-order valence-corrected chi connectivity index (χ0v) is 11.4. The molecular formula is C13H18O3S. The molecule has 0 spiro atoms. The maximum atomic E-state index is 11.5. The molecule has 4 heteroatoms. The van der Waals surface area contributed by atoms with Crippen LogP contribution in [0.1, 0.15) is 61.0 Å². The fourth-order valence-electron chi connectivity index (χ4n) is 1.83. The lowest BCUT2D eigenvalue weighted by Gasteiger charge is -2.17. The molecule has 0 radical (unpaired) electrons. The van der Waals surface area contributed by atoms with Gasteiger partial charge in [-0.25, -0.2) is 4.21 Å². The van der Waals surface area contributed by atoms with Crippen LogP contribution in [0.5, 0.6) is 0 Å². The van der Waals surface area contributed by atoms with E-state index in [0.717, 1.165) is 17.4 Å². The summed E-state index contributed by atoms with van der Waals surface area (Å²) in [6.45, 7) is 7.80. The van der Waals surface area contributed by atoms with E-state index in [0.29, 0.717) is 10.5 Å². The van der Waals surface area contributed by atoms with Crippen molar-refractivity contribution < 1.29 is 13.6 Å². The highest BCUT2D eigenvalue weighted by Gasteiger charge is 2.19. The highest BCUT2D eigenvalue weighted by molar-refractivity contribution is 7.79. The van der Waals surface area contributed by atoms with Gasteiger partial charge < -0.3 is 4.55 Å². The summed E-state index contributed by atoms with van der Waals surface area (Å²) in [6.07, 6.45) is 0.780. The van der Waals surface area contributed by atoms with Gasteiger partial charge in [0.1, 0.15) is 6.29 Å². The number of rotatable bonds is 4. The molecule has 1 rings (SSSR count). The van der Waals surface area contributed by atoms with E-state index >= 15 is 0 Å². The van der Waals surface area contributed by atoms with Gasteiger partial charge in [-0.2, -0.15) is 0 Å². The quantitative estimate of drug-likeness (QED) is 0.662. The third-order valence-corrected chi connectivity index (χ3v) is 3.54. The van der Waals surface area contributed by atoms with Gasteiger partial charge in [0.25, 0.3) is 0 Å². The average molecular weight is 254 g/mol. The van der Waals surface area contributed by atoms with Crippen LogP contribution in [0.25, 0.3) is 0 Å². The van der Waals surface area contributed by atoms with Crippen LogP contribution in [-0.2, 0) is 11.1 Å². The van der Waals surface area contributed by atoms with E-state index in [9.17, 15) is 13.6 Å². The van der Waals surface area contributed by atoms with Gasteiger partial charge in [0, 0.05) is 5.56 Å². The fraction of sp³-hybridized carbons (Fsp3) is 0.462. The Bertz CT molecular complexity index is 421. The van der Waals surface area contributed by atoms with Crippen LogP contribution >= 0.6 is 0 Å². The van der Waals surface area contributed by atoms with Crippen molar-refractivity contribution in [2.75, 3.05) is 0 Å². The van der Waals surface area contributed by atoms with E-state index in [1.165, 1.54) is 0 Å². The molecule has 1 N–H and O–H groups in total. The van der Waals surface area contributed by atoms with Crippen molar-refractivity contribution >= 4 is 17.4 Å². The fourth-order valence-corrected chi connectivity index (χ4v) is 2.82. The van der Waals surface area contributed by atoms with Gasteiger partial charge in [0.05, 0.1) is 4.90 Å². The van der Waals surface area contributed by atoms with Gasteiger partial charge in [-0.1, -0.05) is 27.7 Å². The first-order valence-electron chi connectivity index (χ1n) is 5.62. The highest BCUT2D eigenvalue weighted by atomic mass is 32.2. The summed E-state index contributed by atoms with van der Waals surface area (Å²) in [7, 11) is 0. The molecule has 0 aliphatic rings. The normalized spacial score (nSPS) is 13.1. The van der Waals surface area contributed by atoms with Crippen molar-refractivity contribution in [2.45, 2.75) is 44.4 Å². The van der Waals surface area contributed by atoms with Crippen LogP contribution in [0, 0.1) is 0 Å². The number of benzene rings is 1. The third kappa shape index (κ3) is 3.01. The molecule has 1 aromatic rings. The summed E-state index contributed by atoms with van der Waals surface area (Å²) in [6, 6.07) is 3.40. The minimum absolute atomic E-state index is 0.110. The molecule has 1 aromatic carbocycles. The van der Waals surface area contributed by atoms with Crippen molar-refractivity contribution in [2.24, 2.45) is 0 Å². The number of carbonyl (C=O) groups is 1. The molecule has 3 nitrogen and oxygen atoms in total. The maximum Gasteiger partial charge on any atom is 0.187 e. The molecule has 0 aliphatic carbocycles. The lowest BCUT2D eigenvalue weighted by molar-refractivity contribution is 0.112. The molecule has 17 heavy (non-hydrogen) atoms. The molecule has 0 heterocycles. The van der Waals surface area contributed by atoms with Crippen LogP contribution < -0.4 is 0 Å². The van der Waals surface area contributed by atoms with Crippen molar-refractivity contribution in [3.8, 4) is 0 Å². The first-order chi connectivity index (χ1) is 7.88. The zero-order chi connectivity index (χ0) is 13.2. The van der Waals surface area contributed by atoms with Gasteiger partial charge in [-0.05, 0) is 35.1 Å². The standard InChI is InChI=1S/C13H18O3S/c1-8(2)11-5-10(7-14)6-12(9(3)4)13(11)17(15)16/h5-9H,1-4H3,(H,15,16). The molecule has 0 aliphatic heterocycles. The SMILES string of the molecule is CC(C)c1cc(C=O)cc(C(C)C)c1S(=O)O. The third-order valence-electron chi connectivity index (χ3n) is 2.72. The largest absolute Gasteiger partial charge is 0.302 e. The summed E-state index contributed by atoms with van der Waals surface area (Å²) in [5.41, 5.74) is 2.12. The Hall–Kier alpha value is -1.00. The highest BCUT2D eigenvalue weighted by Crippen LogP contribution is 2.31. The Labute approximate surface area is 105 Å². The predicted molar refractivity (Wildman–Crippen MR) is 69.0 cm³/mol. The lowest BCUT2D eigenvalue weighted by Crippen LogP contribution is -2.06. The maximum absolute atomic E-state index is 11.5. The van der Waals surface area contributed by atoms with E-state index < -0.39 is 11.1 Å². The summed E-state index contributed by atoms with van der Waals surface area (Å²) in [5, 5.41) is 0. The first kappa shape index (κ1) is 14.1. The van der Waals surface area contributed by atoms with Crippen molar-refractivity contribution in [3.05, 3.63) is 28.8 Å². The second-order valence-electron chi connectivity index (χ2n) is 4.70. The van der Waals surface area contributed by atoms with E-state index in [-0.39, 0.29) is 11.8 Å². The van der Waals surface area contributed by atoms with Crippen LogP contribution in [0.15, 0.2) is 17.0 Å². The minimum Gasteiger partial charge on any atom is -0.302 e. The van der Waals surface area contributed by atoms with Crippen LogP contribution in [0.2, 0.25) is 0 Å². The Morgan fingerprint density at radius 3 is 1.76 bits per heavy atom. The monoisotopic (exact) mass is 254 g/mol. The van der Waals surface area contributed by atoms with Crippen molar-refractivity contribution in [1.29, 1.82) is 0 Å².